The van der Waals surface area contributed by atoms with E-state index in [-0.39, 0.29) is 6.42 Å². The molecule has 0 amide bonds. The number of hydrogen-bond donors (Lipinski definition) is 2. The van der Waals surface area contributed by atoms with Gasteiger partial charge in [-0.05, 0) is 6.42 Å². The second-order valence-electron chi connectivity index (χ2n) is 2.29. The molecule has 1 atom stereocenters. The molecule has 0 aliphatic heterocycles. The van der Waals surface area contributed by atoms with Crippen molar-refractivity contribution >= 4 is 20.2 Å². The second-order valence-corrected chi connectivity index (χ2v) is 5.49. The summed E-state index contributed by atoms with van der Waals surface area (Å²) in [6, 6.07) is 0. The molecule has 0 saturated carbocycles. The third-order valence-electron chi connectivity index (χ3n) is 1.27. The molecular weight excluding hydrogens is 208 g/mol. The van der Waals surface area contributed by atoms with Gasteiger partial charge in [-0.15, -0.1) is 0 Å². The minimum absolute atomic E-state index is 0.0708. The summed E-state index contributed by atoms with van der Waals surface area (Å²) in [5, 5.41) is -1.45. The van der Waals surface area contributed by atoms with Gasteiger partial charge in [-0.1, -0.05) is 6.92 Å². The van der Waals surface area contributed by atoms with Crippen molar-refractivity contribution < 1.29 is 25.9 Å². The number of hydrogen-bond acceptors (Lipinski definition) is 4. The van der Waals surface area contributed by atoms with Crippen LogP contribution in [0.25, 0.3) is 0 Å². The SMILES string of the molecule is CCC(CS(=O)(=O)O)S(=O)(=O)O. The molecule has 0 aromatic carbocycles. The van der Waals surface area contributed by atoms with Crippen LogP contribution in [0, 0.1) is 0 Å². The summed E-state index contributed by atoms with van der Waals surface area (Å²) in [6.45, 7) is 1.39. The van der Waals surface area contributed by atoms with Gasteiger partial charge in [0.2, 0.25) is 0 Å². The van der Waals surface area contributed by atoms with Crippen molar-refractivity contribution in [1.82, 2.24) is 0 Å². The molecule has 74 valence electrons. The van der Waals surface area contributed by atoms with Gasteiger partial charge in [0.1, 0.15) is 5.25 Å². The van der Waals surface area contributed by atoms with Crippen molar-refractivity contribution in [2.45, 2.75) is 18.6 Å². The van der Waals surface area contributed by atoms with E-state index in [1.54, 1.807) is 0 Å². The summed E-state index contributed by atoms with van der Waals surface area (Å²) >= 11 is 0. The van der Waals surface area contributed by atoms with Crippen LogP contribution < -0.4 is 0 Å². The Morgan fingerprint density at radius 3 is 1.67 bits per heavy atom. The number of rotatable bonds is 4. The average Bonchev–Trinajstić information content (AvgIpc) is 1.78. The van der Waals surface area contributed by atoms with Crippen LogP contribution in [-0.2, 0) is 20.2 Å². The maximum Gasteiger partial charge on any atom is 0.268 e. The Kier molecular flexibility index (Phi) is 3.63. The molecule has 0 rings (SSSR count). The normalized spacial score (nSPS) is 15.9. The molecule has 0 aromatic heterocycles. The fourth-order valence-electron chi connectivity index (χ4n) is 0.649. The van der Waals surface area contributed by atoms with Gasteiger partial charge in [0.15, 0.2) is 0 Å². The van der Waals surface area contributed by atoms with E-state index < -0.39 is 31.2 Å². The maximum absolute atomic E-state index is 10.4. The molecular formula is C4H10O6S2. The van der Waals surface area contributed by atoms with Crippen LogP contribution >= 0.6 is 0 Å². The van der Waals surface area contributed by atoms with E-state index >= 15 is 0 Å². The van der Waals surface area contributed by atoms with Crippen molar-refractivity contribution in [1.29, 1.82) is 0 Å². The third kappa shape index (κ3) is 4.65. The van der Waals surface area contributed by atoms with E-state index in [1.165, 1.54) is 6.92 Å². The van der Waals surface area contributed by atoms with Gasteiger partial charge in [-0.2, -0.15) is 16.8 Å². The van der Waals surface area contributed by atoms with E-state index in [0.29, 0.717) is 0 Å². The van der Waals surface area contributed by atoms with Gasteiger partial charge in [0.05, 0.1) is 5.75 Å². The lowest BCUT2D eigenvalue weighted by atomic mass is 10.4. The molecule has 0 bridgehead atoms. The van der Waals surface area contributed by atoms with Gasteiger partial charge < -0.3 is 0 Å². The summed E-state index contributed by atoms with van der Waals surface area (Å²) in [6.07, 6.45) is -0.0708. The molecule has 8 heteroatoms. The molecule has 0 radical (unpaired) electrons. The van der Waals surface area contributed by atoms with E-state index in [0.717, 1.165) is 0 Å². The summed E-state index contributed by atoms with van der Waals surface area (Å²) in [4.78, 5) is 0. The van der Waals surface area contributed by atoms with Crippen molar-refractivity contribution in [3.63, 3.8) is 0 Å². The first-order valence-corrected chi connectivity index (χ1v) is 6.19. The molecule has 6 nitrogen and oxygen atoms in total. The van der Waals surface area contributed by atoms with Gasteiger partial charge in [-0.3, -0.25) is 9.11 Å². The van der Waals surface area contributed by atoms with Gasteiger partial charge in [-0.25, -0.2) is 0 Å². The molecule has 2 N–H and O–H groups in total. The van der Waals surface area contributed by atoms with Crippen molar-refractivity contribution in [2.24, 2.45) is 0 Å². The topological polar surface area (TPSA) is 109 Å². The zero-order valence-corrected chi connectivity index (χ0v) is 7.97. The van der Waals surface area contributed by atoms with E-state index in [9.17, 15) is 16.8 Å². The Labute approximate surface area is 71.1 Å². The van der Waals surface area contributed by atoms with Crippen molar-refractivity contribution in [3.05, 3.63) is 0 Å². The zero-order chi connectivity index (χ0) is 9.99. The summed E-state index contributed by atoms with van der Waals surface area (Å²) < 4.78 is 58.0. The molecule has 0 fully saturated rings. The maximum atomic E-state index is 10.4. The molecule has 0 saturated heterocycles. The minimum atomic E-state index is -4.39. The average molecular weight is 218 g/mol. The monoisotopic (exact) mass is 218 g/mol. The van der Waals surface area contributed by atoms with Gasteiger partial charge in [0, 0.05) is 0 Å². The molecule has 0 heterocycles. The van der Waals surface area contributed by atoms with E-state index in [4.69, 9.17) is 9.11 Å². The highest BCUT2D eigenvalue weighted by Gasteiger charge is 2.26. The Bertz CT molecular complexity index is 325. The third-order valence-corrected chi connectivity index (χ3v) is 3.65. The Hall–Kier alpha value is -0.180. The standard InChI is InChI=1S/C4H10O6S2/c1-2-4(12(8,9)10)3-11(5,6)7/h4H,2-3H2,1H3,(H,5,6,7)(H,8,9,10). The van der Waals surface area contributed by atoms with Crippen molar-refractivity contribution in [2.75, 3.05) is 5.75 Å². The largest absolute Gasteiger partial charge is 0.286 e. The molecule has 0 aliphatic carbocycles. The molecule has 0 aromatic rings. The first kappa shape index (κ1) is 11.8. The minimum Gasteiger partial charge on any atom is -0.286 e. The Morgan fingerprint density at radius 2 is 1.58 bits per heavy atom. The van der Waals surface area contributed by atoms with Crippen LogP contribution in [0.15, 0.2) is 0 Å². The predicted octanol–water partition coefficient (Wildman–Crippen LogP) is -0.459. The predicted molar refractivity (Wildman–Crippen MR) is 42.0 cm³/mol. The molecule has 1 unspecified atom stereocenters. The van der Waals surface area contributed by atoms with Gasteiger partial charge >= 0.3 is 0 Å². The molecule has 0 spiro atoms. The van der Waals surface area contributed by atoms with Crippen LogP contribution in [0.2, 0.25) is 0 Å². The van der Waals surface area contributed by atoms with Crippen molar-refractivity contribution in [3.8, 4) is 0 Å². The van der Waals surface area contributed by atoms with Gasteiger partial charge in [0.25, 0.3) is 20.2 Å². The fourth-order valence-corrected chi connectivity index (χ4v) is 2.98. The zero-order valence-electron chi connectivity index (χ0n) is 6.34. The Morgan fingerprint density at radius 1 is 1.17 bits per heavy atom. The van der Waals surface area contributed by atoms with Crippen LogP contribution in [0.5, 0.6) is 0 Å². The summed E-state index contributed by atoms with van der Waals surface area (Å²) in [5.41, 5.74) is 0. The van der Waals surface area contributed by atoms with Crippen LogP contribution in [0.1, 0.15) is 13.3 Å². The highest BCUT2D eigenvalue weighted by atomic mass is 32.2. The first-order chi connectivity index (χ1) is 5.17. The lowest BCUT2D eigenvalue weighted by Gasteiger charge is -2.07. The lowest BCUT2D eigenvalue weighted by Crippen LogP contribution is -2.28. The first-order valence-electron chi connectivity index (χ1n) is 3.08. The van der Waals surface area contributed by atoms with Crippen LogP contribution in [0.4, 0.5) is 0 Å². The van der Waals surface area contributed by atoms with Crippen LogP contribution in [-0.4, -0.2) is 36.9 Å². The van der Waals surface area contributed by atoms with Crippen LogP contribution in [0.3, 0.4) is 0 Å². The Balaban J connectivity index is 4.64. The summed E-state index contributed by atoms with van der Waals surface area (Å²) in [5.74, 6) is -0.970. The highest BCUT2D eigenvalue weighted by Crippen LogP contribution is 2.06. The van der Waals surface area contributed by atoms with E-state index in [1.807, 2.05) is 0 Å². The smallest absolute Gasteiger partial charge is 0.268 e. The van der Waals surface area contributed by atoms with E-state index in [2.05, 4.69) is 0 Å². The summed E-state index contributed by atoms with van der Waals surface area (Å²) in [7, 11) is -8.75. The second kappa shape index (κ2) is 3.69. The highest BCUT2D eigenvalue weighted by molar-refractivity contribution is 7.90. The molecule has 0 aliphatic rings. The lowest BCUT2D eigenvalue weighted by molar-refractivity contribution is 0.455. The molecule has 12 heavy (non-hydrogen) atoms. The quantitative estimate of drug-likeness (QED) is 0.618. The fraction of sp³-hybridized carbons (Fsp3) is 1.00.